The number of β-amino-alcohol motifs (C(OH)–C–C–N with tert-alkyl or cyclic N) is 1. The lowest BCUT2D eigenvalue weighted by Gasteiger charge is -2.14. The van der Waals surface area contributed by atoms with Gasteiger partial charge in [0.05, 0.1) is 19.1 Å². The van der Waals surface area contributed by atoms with E-state index in [2.05, 4.69) is 4.98 Å². The second-order valence-corrected chi connectivity index (χ2v) is 3.20. The lowest BCUT2D eigenvalue weighted by atomic mass is 10.3. The lowest BCUT2D eigenvalue weighted by Crippen LogP contribution is -2.25. The summed E-state index contributed by atoms with van der Waals surface area (Å²) < 4.78 is 12.7. The number of carbonyl (C=O) groups is 1. The maximum atomic E-state index is 12.7. The van der Waals surface area contributed by atoms with Crippen LogP contribution in [0, 0.1) is 5.95 Å². The maximum absolute atomic E-state index is 12.7. The molecule has 0 aliphatic carbocycles. The molecule has 14 heavy (non-hydrogen) atoms. The molecule has 1 saturated heterocycles. The fourth-order valence-corrected chi connectivity index (χ4v) is 1.50. The Morgan fingerprint density at radius 2 is 2.43 bits per heavy atom. The third-order valence-corrected chi connectivity index (χ3v) is 2.13. The van der Waals surface area contributed by atoms with E-state index in [4.69, 9.17) is 0 Å². The van der Waals surface area contributed by atoms with Crippen molar-refractivity contribution in [2.75, 3.05) is 11.4 Å². The maximum Gasteiger partial charge on any atom is 0.229 e. The van der Waals surface area contributed by atoms with Gasteiger partial charge in [-0.1, -0.05) is 0 Å². The van der Waals surface area contributed by atoms with Crippen molar-refractivity contribution in [1.82, 2.24) is 4.98 Å². The normalized spacial score (nSPS) is 21.7. The zero-order valence-electron chi connectivity index (χ0n) is 7.35. The van der Waals surface area contributed by atoms with Crippen LogP contribution in [-0.4, -0.2) is 28.6 Å². The first-order chi connectivity index (χ1) is 6.66. The van der Waals surface area contributed by atoms with Gasteiger partial charge in [0, 0.05) is 18.0 Å². The number of hydrogen-bond donors (Lipinski definition) is 1. The average Bonchev–Trinajstić information content (AvgIpc) is 2.45. The van der Waals surface area contributed by atoms with E-state index < -0.39 is 12.1 Å². The number of rotatable bonds is 1. The largest absolute Gasteiger partial charge is 0.391 e. The molecule has 1 amide bonds. The molecule has 74 valence electrons. The van der Waals surface area contributed by atoms with E-state index >= 15 is 0 Å². The Hall–Kier alpha value is -1.49. The molecule has 5 heteroatoms. The van der Waals surface area contributed by atoms with E-state index in [1.165, 1.54) is 17.2 Å². The predicted octanol–water partition coefficient (Wildman–Crippen LogP) is 0.318. The summed E-state index contributed by atoms with van der Waals surface area (Å²) >= 11 is 0. The first-order valence-corrected chi connectivity index (χ1v) is 4.27. The van der Waals surface area contributed by atoms with Crippen molar-refractivity contribution >= 4 is 11.6 Å². The number of aliphatic hydroxyl groups is 1. The van der Waals surface area contributed by atoms with Gasteiger partial charge in [-0.25, -0.2) is 4.98 Å². The Labute approximate surface area is 80.0 Å². The third-order valence-electron chi connectivity index (χ3n) is 2.13. The Morgan fingerprint density at radius 3 is 3.00 bits per heavy atom. The minimum atomic E-state index is -0.654. The fourth-order valence-electron chi connectivity index (χ4n) is 1.50. The van der Waals surface area contributed by atoms with Gasteiger partial charge in [0.25, 0.3) is 0 Å². The van der Waals surface area contributed by atoms with Crippen LogP contribution in [0.25, 0.3) is 0 Å². The molecule has 4 nitrogen and oxygen atoms in total. The molecular formula is C9H9FN2O2. The zero-order chi connectivity index (χ0) is 10.1. The zero-order valence-corrected chi connectivity index (χ0v) is 7.35. The van der Waals surface area contributed by atoms with Gasteiger partial charge in [-0.2, -0.15) is 4.39 Å². The molecular weight excluding hydrogens is 187 g/mol. The van der Waals surface area contributed by atoms with E-state index in [1.54, 1.807) is 6.07 Å². The van der Waals surface area contributed by atoms with Crippen molar-refractivity contribution in [3.8, 4) is 0 Å². The highest BCUT2D eigenvalue weighted by atomic mass is 19.1. The van der Waals surface area contributed by atoms with Crippen molar-refractivity contribution in [2.45, 2.75) is 12.5 Å². The Balaban J connectivity index is 2.27. The van der Waals surface area contributed by atoms with Crippen LogP contribution in [0.2, 0.25) is 0 Å². The van der Waals surface area contributed by atoms with E-state index in [0.717, 1.165) is 0 Å². The molecule has 1 aromatic heterocycles. The number of amides is 1. The highest BCUT2D eigenvalue weighted by Gasteiger charge is 2.29. The van der Waals surface area contributed by atoms with Crippen LogP contribution in [0.4, 0.5) is 10.1 Å². The smallest absolute Gasteiger partial charge is 0.229 e. The summed E-state index contributed by atoms with van der Waals surface area (Å²) in [5.41, 5.74) is 0.444. The number of halogens is 1. The number of pyridine rings is 1. The van der Waals surface area contributed by atoms with Crippen molar-refractivity contribution in [2.24, 2.45) is 0 Å². The number of anilines is 1. The third kappa shape index (κ3) is 1.58. The van der Waals surface area contributed by atoms with E-state index in [9.17, 15) is 14.3 Å². The van der Waals surface area contributed by atoms with E-state index in [-0.39, 0.29) is 18.9 Å². The lowest BCUT2D eigenvalue weighted by molar-refractivity contribution is -0.117. The van der Waals surface area contributed by atoms with Gasteiger partial charge in [-0.3, -0.25) is 4.79 Å². The molecule has 1 atom stereocenters. The van der Waals surface area contributed by atoms with Gasteiger partial charge in [0.2, 0.25) is 11.9 Å². The second-order valence-electron chi connectivity index (χ2n) is 3.20. The molecule has 0 radical (unpaired) electrons. The second kappa shape index (κ2) is 3.34. The molecule has 2 rings (SSSR count). The Morgan fingerprint density at radius 1 is 1.64 bits per heavy atom. The van der Waals surface area contributed by atoms with Gasteiger partial charge in [0.1, 0.15) is 0 Å². The molecule has 0 aromatic carbocycles. The molecule has 1 N–H and O–H groups in total. The van der Waals surface area contributed by atoms with Crippen LogP contribution in [0.5, 0.6) is 0 Å². The molecule has 0 spiro atoms. The number of nitrogens with zero attached hydrogens (tertiary/aromatic N) is 2. The average molecular weight is 196 g/mol. The summed E-state index contributed by atoms with van der Waals surface area (Å²) in [5.74, 6) is -0.820. The van der Waals surface area contributed by atoms with Crippen LogP contribution in [0.15, 0.2) is 18.3 Å². The SMILES string of the molecule is O=C1CC(O)CN1c1ccnc(F)c1. The predicted molar refractivity (Wildman–Crippen MR) is 47.2 cm³/mol. The molecule has 1 aromatic rings. The molecule has 0 saturated carbocycles. The summed E-state index contributed by atoms with van der Waals surface area (Å²) in [4.78, 5) is 16.1. The summed E-state index contributed by atoms with van der Waals surface area (Å²) in [6.07, 6.45) is 0.741. The van der Waals surface area contributed by atoms with E-state index in [1.807, 2.05) is 0 Å². The van der Waals surface area contributed by atoms with Crippen LogP contribution in [0.3, 0.4) is 0 Å². The Bertz CT molecular complexity index is 370. The van der Waals surface area contributed by atoms with Crippen LogP contribution < -0.4 is 4.90 Å². The summed E-state index contributed by atoms with van der Waals surface area (Å²) in [5, 5.41) is 9.23. The van der Waals surface area contributed by atoms with Crippen molar-refractivity contribution < 1.29 is 14.3 Å². The number of aromatic nitrogens is 1. The monoisotopic (exact) mass is 196 g/mol. The number of carbonyl (C=O) groups excluding carboxylic acids is 1. The van der Waals surface area contributed by atoms with Crippen molar-refractivity contribution in [3.05, 3.63) is 24.3 Å². The van der Waals surface area contributed by atoms with Crippen LogP contribution in [-0.2, 0) is 4.79 Å². The first kappa shape index (κ1) is 9.08. The molecule has 0 bridgehead atoms. The molecule has 1 aliphatic heterocycles. The summed E-state index contributed by atoms with van der Waals surface area (Å²) in [6, 6.07) is 2.72. The molecule has 1 fully saturated rings. The van der Waals surface area contributed by atoms with Gasteiger partial charge in [-0.05, 0) is 6.07 Å². The van der Waals surface area contributed by atoms with Crippen LogP contribution in [0.1, 0.15) is 6.42 Å². The Kier molecular flexibility index (Phi) is 2.17. The van der Waals surface area contributed by atoms with Gasteiger partial charge >= 0.3 is 0 Å². The highest BCUT2D eigenvalue weighted by molar-refractivity contribution is 5.95. The van der Waals surface area contributed by atoms with Gasteiger partial charge < -0.3 is 10.0 Å². The highest BCUT2D eigenvalue weighted by Crippen LogP contribution is 2.21. The van der Waals surface area contributed by atoms with Crippen molar-refractivity contribution in [3.63, 3.8) is 0 Å². The van der Waals surface area contributed by atoms with Crippen LogP contribution >= 0.6 is 0 Å². The number of aliphatic hydroxyl groups excluding tert-OH is 1. The standard InChI is InChI=1S/C9H9FN2O2/c10-8-3-6(1-2-11-8)12-5-7(13)4-9(12)14/h1-3,7,13H,4-5H2. The minimum absolute atomic E-state index is 0.101. The summed E-state index contributed by atoms with van der Waals surface area (Å²) in [6.45, 7) is 0.224. The molecule has 2 heterocycles. The first-order valence-electron chi connectivity index (χ1n) is 4.27. The topological polar surface area (TPSA) is 53.4 Å². The number of hydrogen-bond acceptors (Lipinski definition) is 3. The van der Waals surface area contributed by atoms with Gasteiger partial charge in [-0.15, -0.1) is 0 Å². The molecule has 1 unspecified atom stereocenters. The van der Waals surface area contributed by atoms with Crippen molar-refractivity contribution in [1.29, 1.82) is 0 Å². The minimum Gasteiger partial charge on any atom is -0.391 e. The summed E-state index contributed by atoms with van der Waals surface area (Å²) in [7, 11) is 0. The van der Waals surface area contributed by atoms with Gasteiger partial charge in [0.15, 0.2) is 0 Å². The fraction of sp³-hybridized carbons (Fsp3) is 0.333. The van der Waals surface area contributed by atoms with E-state index in [0.29, 0.717) is 5.69 Å². The quantitative estimate of drug-likeness (QED) is 0.658. The molecule has 1 aliphatic rings.